The van der Waals surface area contributed by atoms with Gasteiger partial charge in [0.15, 0.2) is 5.75 Å². The van der Waals surface area contributed by atoms with Crippen molar-refractivity contribution in [1.29, 1.82) is 0 Å². The van der Waals surface area contributed by atoms with E-state index in [0.29, 0.717) is 30.5 Å². The van der Waals surface area contributed by atoms with Crippen LogP contribution in [0.3, 0.4) is 0 Å². The number of rotatable bonds is 10. The maximum Gasteiger partial charge on any atom is 0.257 e. The molecule has 0 fully saturated rings. The second-order valence-corrected chi connectivity index (χ2v) is 10.6. The van der Waals surface area contributed by atoms with Crippen molar-refractivity contribution in [3.8, 4) is 17.5 Å². The number of aliphatic hydroxyl groups is 1. The number of hydrogen-bond donors (Lipinski definition) is 1. The minimum Gasteiger partial charge on any atom is -0.491 e. The summed E-state index contributed by atoms with van der Waals surface area (Å²) in [5.41, 5.74) is 2.71. The predicted octanol–water partition coefficient (Wildman–Crippen LogP) is 5.70. The minimum absolute atomic E-state index is 0.338. The first-order chi connectivity index (χ1) is 18.2. The van der Waals surface area contributed by atoms with Crippen LogP contribution < -0.4 is 14.2 Å². The van der Waals surface area contributed by atoms with Gasteiger partial charge in [0, 0.05) is 33.7 Å². The van der Waals surface area contributed by atoms with Gasteiger partial charge in [0.05, 0.1) is 32.8 Å². The van der Waals surface area contributed by atoms with Crippen LogP contribution in [0.2, 0.25) is 0 Å². The van der Waals surface area contributed by atoms with Gasteiger partial charge in [0.25, 0.3) is 5.88 Å². The van der Waals surface area contributed by atoms with Crippen LogP contribution >= 0.6 is 15.9 Å². The Hall–Kier alpha value is -3.20. The van der Waals surface area contributed by atoms with Crippen LogP contribution in [-0.4, -0.2) is 61.9 Å². The molecule has 0 saturated heterocycles. The quantitative estimate of drug-likeness (QED) is 0.258. The Morgan fingerprint density at radius 2 is 1.71 bits per heavy atom. The molecule has 0 unspecified atom stereocenters. The fourth-order valence-electron chi connectivity index (χ4n) is 4.98. The zero-order valence-corrected chi connectivity index (χ0v) is 24.2. The molecule has 0 spiro atoms. The van der Waals surface area contributed by atoms with Gasteiger partial charge in [-0.3, -0.25) is 0 Å². The number of methoxy groups -OCH3 is 3. The maximum absolute atomic E-state index is 12.9. The van der Waals surface area contributed by atoms with Crippen LogP contribution in [0, 0.1) is 6.92 Å². The van der Waals surface area contributed by atoms with E-state index in [-0.39, 0.29) is 0 Å². The normalized spacial score (nSPS) is 13.8. The van der Waals surface area contributed by atoms with Crippen LogP contribution in [0.5, 0.6) is 17.5 Å². The van der Waals surface area contributed by atoms with Crippen LogP contribution in [0.1, 0.15) is 34.6 Å². The van der Waals surface area contributed by atoms with E-state index in [2.05, 4.69) is 25.8 Å². The molecule has 0 aliphatic heterocycles. The summed E-state index contributed by atoms with van der Waals surface area (Å²) in [5.74, 6) is 0.581. The number of fused-ring (bicyclic) bond motifs is 1. The molecule has 0 aliphatic carbocycles. The van der Waals surface area contributed by atoms with Crippen molar-refractivity contribution in [3.63, 3.8) is 0 Å². The van der Waals surface area contributed by atoms with Gasteiger partial charge in [0.1, 0.15) is 5.60 Å². The van der Waals surface area contributed by atoms with Crippen LogP contribution in [0.15, 0.2) is 65.3 Å². The van der Waals surface area contributed by atoms with Gasteiger partial charge < -0.3 is 24.2 Å². The molecule has 4 rings (SSSR count). The Kier molecular flexibility index (Phi) is 8.55. The molecule has 0 radical (unpaired) electrons. The van der Waals surface area contributed by atoms with Crippen LogP contribution in [0.4, 0.5) is 0 Å². The zero-order valence-electron chi connectivity index (χ0n) is 22.7. The van der Waals surface area contributed by atoms with Gasteiger partial charge in [-0.2, -0.15) is 0 Å². The molecule has 0 saturated carbocycles. The van der Waals surface area contributed by atoms with Crippen molar-refractivity contribution in [3.05, 3.63) is 87.5 Å². The van der Waals surface area contributed by atoms with Gasteiger partial charge in [-0.1, -0.05) is 45.8 Å². The standard InChI is InChI=1S/C30H34BrN3O4/c1-19-8-7-9-21(16-19)30(35,13-15-34(2)3)26(23-12-14-32-29(38-6)27(23)36-4)24-18-20-17-22(31)10-11-25(20)33-28(24)37-5/h7-12,14,16-18,26,35H,13,15H2,1-6H3/t26-,30-/m1/s1. The highest BCUT2D eigenvalue weighted by Crippen LogP contribution is 2.51. The van der Waals surface area contributed by atoms with E-state index in [1.54, 1.807) is 27.5 Å². The highest BCUT2D eigenvalue weighted by Gasteiger charge is 2.44. The summed E-state index contributed by atoms with van der Waals surface area (Å²) in [5, 5.41) is 13.8. The van der Waals surface area contributed by atoms with Gasteiger partial charge in [-0.15, -0.1) is 0 Å². The SMILES string of the molecule is COc1nc2ccc(Br)cc2cc1[C@@H](c1ccnc(OC)c1OC)[C@@](O)(CCN(C)C)c1cccc(C)c1. The molecule has 7 nitrogen and oxygen atoms in total. The van der Waals surface area contributed by atoms with Crippen molar-refractivity contribution >= 4 is 26.8 Å². The molecule has 38 heavy (non-hydrogen) atoms. The van der Waals surface area contributed by atoms with Crippen molar-refractivity contribution in [2.75, 3.05) is 42.0 Å². The number of halogens is 1. The number of aromatic nitrogens is 2. The molecule has 2 aromatic heterocycles. The lowest BCUT2D eigenvalue weighted by Gasteiger charge is -2.39. The second kappa shape index (κ2) is 11.7. The summed E-state index contributed by atoms with van der Waals surface area (Å²) in [6.45, 7) is 2.66. The smallest absolute Gasteiger partial charge is 0.257 e. The number of aryl methyl sites for hydroxylation is 1. The fourth-order valence-corrected chi connectivity index (χ4v) is 5.36. The van der Waals surface area contributed by atoms with E-state index in [9.17, 15) is 5.11 Å². The Labute approximate surface area is 232 Å². The molecular weight excluding hydrogens is 546 g/mol. The minimum atomic E-state index is -1.37. The average Bonchev–Trinajstić information content (AvgIpc) is 2.91. The molecule has 2 atom stereocenters. The first-order valence-electron chi connectivity index (χ1n) is 12.4. The summed E-state index contributed by atoms with van der Waals surface area (Å²) in [7, 11) is 8.73. The highest BCUT2D eigenvalue weighted by molar-refractivity contribution is 9.10. The highest BCUT2D eigenvalue weighted by atomic mass is 79.9. The van der Waals surface area contributed by atoms with Crippen molar-refractivity contribution in [1.82, 2.24) is 14.9 Å². The first-order valence-corrected chi connectivity index (χ1v) is 13.2. The second-order valence-electron chi connectivity index (χ2n) is 9.65. The lowest BCUT2D eigenvalue weighted by atomic mass is 9.71. The van der Waals surface area contributed by atoms with E-state index < -0.39 is 11.5 Å². The van der Waals surface area contributed by atoms with E-state index in [1.165, 1.54) is 0 Å². The summed E-state index contributed by atoms with van der Waals surface area (Å²) < 4.78 is 18.2. The first kappa shape index (κ1) is 27.8. The van der Waals surface area contributed by atoms with Gasteiger partial charge in [0.2, 0.25) is 5.88 Å². The molecule has 4 aromatic rings. The molecule has 0 bridgehead atoms. The Morgan fingerprint density at radius 3 is 2.37 bits per heavy atom. The molecule has 1 N–H and O–H groups in total. The maximum atomic E-state index is 12.9. The summed E-state index contributed by atoms with van der Waals surface area (Å²) in [6, 6.07) is 17.8. The van der Waals surface area contributed by atoms with Crippen LogP contribution in [0.25, 0.3) is 10.9 Å². The van der Waals surface area contributed by atoms with Gasteiger partial charge >= 0.3 is 0 Å². The van der Waals surface area contributed by atoms with Crippen LogP contribution in [-0.2, 0) is 5.60 Å². The number of nitrogens with zero attached hydrogens (tertiary/aromatic N) is 3. The van der Waals surface area contributed by atoms with E-state index in [4.69, 9.17) is 19.2 Å². The largest absolute Gasteiger partial charge is 0.491 e. The number of pyridine rings is 2. The molecular formula is C30H34BrN3O4. The number of hydrogen-bond acceptors (Lipinski definition) is 7. The number of benzene rings is 2. The molecule has 200 valence electrons. The monoisotopic (exact) mass is 579 g/mol. The lowest BCUT2D eigenvalue weighted by molar-refractivity contribution is 0.00307. The Balaban J connectivity index is 2.11. The van der Waals surface area contributed by atoms with Crippen molar-refractivity contribution < 1.29 is 19.3 Å². The van der Waals surface area contributed by atoms with Crippen molar-refractivity contribution in [2.45, 2.75) is 24.9 Å². The molecule has 0 aliphatic rings. The summed E-state index contributed by atoms with van der Waals surface area (Å²) in [4.78, 5) is 11.3. The molecule has 8 heteroatoms. The Morgan fingerprint density at radius 1 is 0.947 bits per heavy atom. The third-order valence-electron chi connectivity index (χ3n) is 6.82. The Bertz CT molecular complexity index is 1430. The fraction of sp³-hybridized carbons (Fsp3) is 0.333. The average molecular weight is 581 g/mol. The molecule has 2 heterocycles. The topological polar surface area (TPSA) is 76.9 Å². The third-order valence-corrected chi connectivity index (χ3v) is 7.31. The van der Waals surface area contributed by atoms with Gasteiger partial charge in [-0.25, -0.2) is 9.97 Å². The van der Waals surface area contributed by atoms with E-state index in [1.807, 2.05) is 75.6 Å². The summed E-state index contributed by atoms with van der Waals surface area (Å²) in [6.07, 6.45) is 2.10. The third kappa shape index (κ3) is 5.48. The lowest BCUT2D eigenvalue weighted by Crippen LogP contribution is -2.38. The molecule has 0 amide bonds. The predicted molar refractivity (Wildman–Crippen MR) is 153 cm³/mol. The molecule has 2 aromatic carbocycles. The van der Waals surface area contributed by atoms with E-state index in [0.717, 1.165) is 37.6 Å². The van der Waals surface area contributed by atoms with Gasteiger partial charge in [-0.05, 0) is 63.3 Å². The zero-order chi connectivity index (χ0) is 27.4. The summed E-state index contributed by atoms with van der Waals surface area (Å²) >= 11 is 3.58. The van der Waals surface area contributed by atoms with E-state index >= 15 is 0 Å². The van der Waals surface area contributed by atoms with Crippen molar-refractivity contribution in [2.24, 2.45) is 0 Å². The number of ether oxygens (including phenoxy) is 3.